The molecule has 1 heterocycles. The normalized spacial score (nSPS) is 8.26. The number of aryl methyl sites for hydroxylation is 1. The highest BCUT2D eigenvalue weighted by molar-refractivity contribution is 5.84. The van der Waals surface area contributed by atoms with Crippen molar-refractivity contribution in [2.24, 2.45) is 11.5 Å². The fourth-order valence-electron chi connectivity index (χ4n) is 0.926. The first-order valence-corrected chi connectivity index (χ1v) is 6.06. The van der Waals surface area contributed by atoms with Gasteiger partial charge >= 0.3 is 0 Å². The third kappa shape index (κ3) is 12.3. The van der Waals surface area contributed by atoms with Crippen LogP contribution in [0.4, 0.5) is 0 Å². The molecular formula is C13H24N4O2. The monoisotopic (exact) mass is 268 g/mol. The number of primary amides is 1. The van der Waals surface area contributed by atoms with Gasteiger partial charge in [-0.2, -0.15) is 0 Å². The maximum atomic E-state index is 10.6. The van der Waals surface area contributed by atoms with Gasteiger partial charge in [0.05, 0.1) is 13.1 Å². The Hall–Kier alpha value is -1.95. The molecule has 0 aliphatic heterocycles. The highest BCUT2D eigenvalue weighted by Crippen LogP contribution is 1.88. The van der Waals surface area contributed by atoms with E-state index in [4.69, 9.17) is 11.5 Å². The number of likely N-dealkylation sites (N-methyl/N-ethyl adjacent to an activating group) is 1. The number of hydrogen-bond acceptors (Lipinski definition) is 4. The molecule has 0 aliphatic carbocycles. The molecular weight excluding hydrogens is 244 g/mol. The summed E-state index contributed by atoms with van der Waals surface area (Å²) in [6, 6.07) is 3.95. The molecule has 0 aliphatic rings. The number of nitrogens with two attached hydrogens (primary N) is 2. The average molecular weight is 268 g/mol. The molecule has 4 N–H and O–H groups in total. The summed E-state index contributed by atoms with van der Waals surface area (Å²) in [6.07, 6.45) is 3.60. The van der Waals surface area contributed by atoms with Crippen LogP contribution < -0.4 is 11.5 Å². The second-order valence-electron chi connectivity index (χ2n) is 3.45. The van der Waals surface area contributed by atoms with Crippen LogP contribution in [0.3, 0.4) is 0 Å². The third-order valence-corrected chi connectivity index (χ3v) is 1.80. The van der Waals surface area contributed by atoms with E-state index >= 15 is 0 Å². The van der Waals surface area contributed by atoms with Crippen LogP contribution in [0.15, 0.2) is 24.5 Å². The quantitative estimate of drug-likeness (QED) is 0.823. The minimum atomic E-state index is -0.538. The van der Waals surface area contributed by atoms with Gasteiger partial charge in [-0.1, -0.05) is 19.9 Å². The lowest BCUT2D eigenvalue weighted by atomic mass is 10.3. The Balaban J connectivity index is 0. The van der Waals surface area contributed by atoms with Crippen LogP contribution in [0.25, 0.3) is 0 Å². The van der Waals surface area contributed by atoms with Crippen molar-refractivity contribution in [2.45, 2.75) is 20.8 Å². The molecule has 0 saturated heterocycles. The van der Waals surface area contributed by atoms with Gasteiger partial charge in [0.1, 0.15) is 0 Å². The summed E-state index contributed by atoms with van der Waals surface area (Å²) in [5.74, 6) is -0.830. The number of carbonyl (C=O) groups is 2. The number of aromatic nitrogens is 1. The predicted octanol–water partition coefficient (Wildman–Crippen LogP) is 0.305. The molecule has 19 heavy (non-hydrogen) atoms. The third-order valence-electron chi connectivity index (χ3n) is 1.80. The van der Waals surface area contributed by atoms with Crippen molar-refractivity contribution in [1.82, 2.24) is 9.88 Å². The second kappa shape index (κ2) is 12.5. The van der Waals surface area contributed by atoms with Crippen molar-refractivity contribution in [2.75, 3.05) is 20.1 Å². The van der Waals surface area contributed by atoms with Gasteiger partial charge in [0.15, 0.2) is 0 Å². The molecule has 6 heteroatoms. The molecule has 1 aromatic heterocycles. The van der Waals surface area contributed by atoms with Crippen molar-refractivity contribution in [3.63, 3.8) is 0 Å². The fraction of sp³-hybridized carbons (Fsp3) is 0.462. The van der Waals surface area contributed by atoms with E-state index in [2.05, 4.69) is 4.98 Å². The van der Waals surface area contributed by atoms with Gasteiger partial charge in [0.25, 0.3) is 0 Å². The van der Waals surface area contributed by atoms with Crippen LogP contribution >= 0.6 is 0 Å². The molecule has 0 saturated carbocycles. The number of pyridine rings is 1. The zero-order valence-corrected chi connectivity index (χ0v) is 12.1. The van der Waals surface area contributed by atoms with Gasteiger partial charge in [-0.05, 0) is 18.6 Å². The zero-order chi connectivity index (χ0) is 15.3. The zero-order valence-electron chi connectivity index (χ0n) is 12.1. The van der Waals surface area contributed by atoms with Gasteiger partial charge in [-0.25, -0.2) is 0 Å². The van der Waals surface area contributed by atoms with Crippen molar-refractivity contribution in [1.29, 1.82) is 0 Å². The Morgan fingerprint density at radius 2 is 1.95 bits per heavy atom. The van der Waals surface area contributed by atoms with Gasteiger partial charge in [0.2, 0.25) is 11.8 Å². The van der Waals surface area contributed by atoms with Crippen molar-refractivity contribution in [3.05, 3.63) is 30.1 Å². The molecule has 0 aromatic carbocycles. The lowest BCUT2D eigenvalue weighted by Crippen LogP contribution is -2.38. The molecule has 108 valence electrons. The Morgan fingerprint density at radius 3 is 2.21 bits per heavy atom. The van der Waals surface area contributed by atoms with Gasteiger partial charge in [-0.15, -0.1) is 0 Å². The highest BCUT2D eigenvalue weighted by Gasteiger charge is 2.07. The minimum absolute atomic E-state index is 0.0734. The van der Waals surface area contributed by atoms with E-state index in [1.807, 2.05) is 39.1 Å². The average Bonchev–Trinajstić information content (AvgIpc) is 2.41. The van der Waals surface area contributed by atoms with Crippen molar-refractivity contribution in [3.8, 4) is 0 Å². The van der Waals surface area contributed by atoms with Crippen molar-refractivity contribution >= 4 is 11.8 Å². The largest absolute Gasteiger partial charge is 0.368 e. The Labute approximate surface area is 114 Å². The topological polar surface area (TPSA) is 102 Å². The summed E-state index contributed by atoms with van der Waals surface area (Å²) in [5, 5.41) is 0. The van der Waals surface area contributed by atoms with E-state index in [0.717, 1.165) is 0 Å². The summed E-state index contributed by atoms with van der Waals surface area (Å²) in [5.41, 5.74) is 11.0. The van der Waals surface area contributed by atoms with Crippen LogP contribution in [0.5, 0.6) is 0 Å². The lowest BCUT2D eigenvalue weighted by Gasteiger charge is -2.12. The Bertz CT molecular complexity index is 355. The first kappa shape index (κ1) is 19.4. The first-order chi connectivity index (χ1) is 8.97. The number of nitrogens with zero attached hydrogens (tertiary/aromatic N) is 2. The molecule has 0 atom stereocenters. The highest BCUT2D eigenvalue weighted by atomic mass is 16.2. The minimum Gasteiger partial charge on any atom is -0.368 e. The SMILES string of the molecule is CC.CN(CC(N)=O)C(=O)CN.Cc1cccnc1. The molecule has 1 aromatic rings. The maximum Gasteiger partial charge on any atom is 0.237 e. The van der Waals surface area contributed by atoms with Gasteiger partial charge in [-0.3, -0.25) is 14.6 Å². The van der Waals surface area contributed by atoms with E-state index < -0.39 is 5.91 Å². The van der Waals surface area contributed by atoms with E-state index in [9.17, 15) is 9.59 Å². The smallest absolute Gasteiger partial charge is 0.237 e. The predicted molar refractivity (Wildman–Crippen MR) is 76.2 cm³/mol. The van der Waals surface area contributed by atoms with Crippen molar-refractivity contribution < 1.29 is 9.59 Å². The van der Waals surface area contributed by atoms with Gasteiger partial charge < -0.3 is 16.4 Å². The van der Waals surface area contributed by atoms with Crippen LogP contribution in [-0.2, 0) is 9.59 Å². The number of amides is 2. The first-order valence-electron chi connectivity index (χ1n) is 6.06. The molecule has 0 unspecified atom stereocenters. The molecule has 1 rings (SSSR count). The molecule has 0 bridgehead atoms. The van der Waals surface area contributed by atoms with E-state index in [1.165, 1.54) is 17.5 Å². The van der Waals surface area contributed by atoms with E-state index in [1.54, 1.807) is 6.20 Å². The number of hydrogen-bond donors (Lipinski definition) is 2. The van der Waals surface area contributed by atoms with E-state index in [0.29, 0.717) is 0 Å². The van der Waals surface area contributed by atoms with Gasteiger partial charge in [0, 0.05) is 19.4 Å². The Kier molecular flexibility index (Phi) is 12.8. The molecule has 0 spiro atoms. The maximum absolute atomic E-state index is 10.6. The van der Waals surface area contributed by atoms with Crippen LogP contribution in [-0.4, -0.2) is 41.8 Å². The standard InChI is InChI=1S/C6H7N.C5H11N3O2.C2H6/c1-6-3-2-4-7-5-6;1-8(3-4(7)9)5(10)2-6;1-2/h2-5H,1H3;2-3,6H2,1H3,(H2,7,9);1-2H3. The summed E-state index contributed by atoms with van der Waals surface area (Å²) in [7, 11) is 1.47. The van der Waals surface area contributed by atoms with Crippen LogP contribution in [0.2, 0.25) is 0 Å². The summed E-state index contributed by atoms with van der Waals surface area (Å²) in [6.45, 7) is 5.85. The molecule has 6 nitrogen and oxygen atoms in total. The lowest BCUT2D eigenvalue weighted by molar-refractivity contribution is -0.132. The van der Waals surface area contributed by atoms with E-state index in [-0.39, 0.29) is 19.0 Å². The summed E-state index contributed by atoms with van der Waals surface area (Å²) < 4.78 is 0. The fourth-order valence-corrected chi connectivity index (χ4v) is 0.926. The van der Waals surface area contributed by atoms with Crippen LogP contribution in [0, 0.1) is 6.92 Å². The number of rotatable bonds is 3. The molecule has 0 fully saturated rings. The summed E-state index contributed by atoms with van der Waals surface area (Å²) >= 11 is 0. The number of carbonyl (C=O) groups excluding carboxylic acids is 2. The summed E-state index contributed by atoms with van der Waals surface area (Å²) in [4.78, 5) is 25.9. The molecule has 2 amide bonds. The Morgan fingerprint density at radius 1 is 1.37 bits per heavy atom. The van der Waals surface area contributed by atoms with Crippen LogP contribution in [0.1, 0.15) is 19.4 Å². The molecule has 0 radical (unpaired) electrons. The second-order valence-corrected chi connectivity index (χ2v) is 3.45.